The van der Waals surface area contributed by atoms with Gasteiger partial charge in [-0.05, 0) is 48.9 Å². The lowest BCUT2D eigenvalue weighted by atomic mass is 9.86. The summed E-state index contributed by atoms with van der Waals surface area (Å²) in [5, 5.41) is 11.3. The molecule has 1 saturated carbocycles. The standard InChI is InChI=1S/C17H24ClFO/c1-2-4-13-5-3-9-17(20,10-8-13)12-14-11-15(18)6-7-16(14)19/h6-7,11,13,20H,2-5,8-10,12H2,1H3. The summed E-state index contributed by atoms with van der Waals surface area (Å²) in [6.45, 7) is 2.21. The highest BCUT2D eigenvalue weighted by atomic mass is 35.5. The van der Waals surface area contributed by atoms with E-state index in [4.69, 9.17) is 11.6 Å². The number of hydrogen-bond acceptors (Lipinski definition) is 1. The SMILES string of the molecule is CCCC1CCCC(O)(Cc2cc(Cl)ccc2F)CC1. The van der Waals surface area contributed by atoms with Crippen LogP contribution in [-0.2, 0) is 6.42 Å². The molecule has 0 amide bonds. The highest BCUT2D eigenvalue weighted by molar-refractivity contribution is 6.30. The Labute approximate surface area is 126 Å². The Morgan fingerprint density at radius 3 is 2.90 bits per heavy atom. The molecule has 20 heavy (non-hydrogen) atoms. The topological polar surface area (TPSA) is 20.2 Å². The minimum Gasteiger partial charge on any atom is -0.390 e. The molecule has 1 aromatic carbocycles. The maximum atomic E-state index is 13.8. The molecular weight excluding hydrogens is 275 g/mol. The van der Waals surface area contributed by atoms with Crippen LogP contribution < -0.4 is 0 Å². The highest BCUT2D eigenvalue weighted by Gasteiger charge is 2.31. The maximum Gasteiger partial charge on any atom is 0.126 e. The van der Waals surface area contributed by atoms with Crippen LogP contribution >= 0.6 is 11.6 Å². The monoisotopic (exact) mass is 298 g/mol. The fourth-order valence-electron chi connectivity index (χ4n) is 3.37. The van der Waals surface area contributed by atoms with E-state index in [1.807, 2.05) is 0 Å². The quantitative estimate of drug-likeness (QED) is 0.764. The van der Waals surface area contributed by atoms with E-state index < -0.39 is 5.60 Å². The van der Waals surface area contributed by atoms with Crippen molar-refractivity contribution in [3.05, 3.63) is 34.6 Å². The number of hydrogen-bond donors (Lipinski definition) is 1. The number of aliphatic hydroxyl groups is 1. The summed E-state index contributed by atoms with van der Waals surface area (Å²) in [5.41, 5.74) is -0.234. The van der Waals surface area contributed by atoms with Gasteiger partial charge >= 0.3 is 0 Å². The van der Waals surface area contributed by atoms with Crippen LogP contribution in [0.1, 0.15) is 57.4 Å². The normalized spacial score (nSPS) is 27.3. The zero-order valence-electron chi connectivity index (χ0n) is 12.2. The molecule has 1 aromatic rings. The summed E-state index contributed by atoms with van der Waals surface area (Å²) >= 11 is 5.93. The van der Waals surface area contributed by atoms with Gasteiger partial charge < -0.3 is 5.11 Å². The maximum absolute atomic E-state index is 13.8. The molecule has 0 spiro atoms. The highest BCUT2D eigenvalue weighted by Crippen LogP contribution is 2.35. The van der Waals surface area contributed by atoms with Crippen molar-refractivity contribution in [2.24, 2.45) is 5.92 Å². The molecule has 2 atom stereocenters. The Balaban J connectivity index is 2.05. The van der Waals surface area contributed by atoms with Crippen molar-refractivity contribution in [3.63, 3.8) is 0 Å². The summed E-state index contributed by atoms with van der Waals surface area (Å²) in [5.74, 6) is 0.454. The van der Waals surface area contributed by atoms with Crippen molar-refractivity contribution >= 4 is 11.6 Å². The molecule has 2 rings (SSSR count). The van der Waals surface area contributed by atoms with Crippen LogP contribution in [0.3, 0.4) is 0 Å². The third-order valence-electron chi connectivity index (χ3n) is 4.50. The average Bonchev–Trinajstić information content (AvgIpc) is 2.57. The molecule has 0 bridgehead atoms. The van der Waals surface area contributed by atoms with E-state index in [-0.39, 0.29) is 5.82 Å². The van der Waals surface area contributed by atoms with Gasteiger partial charge in [-0.15, -0.1) is 0 Å². The van der Waals surface area contributed by atoms with Crippen molar-refractivity contribution in [1.29, 1.82) is 0 Å². The van der Waals surface area contributed by atoms with Crippen molar-refractivity contribution in [2.75, 3.05) is 0 Å². The second-order valence-electron chi connectivity index (χ2n) is 6.22. The van der Waals surface area contributed by atoms with E-state index in [9.17, 15) is 9.50 Å². The molecule has 0 radical (unpaired) electrons. The molecule has 1 aliphatic carbocycles. The van der Waals surface area contributed by atoms with Gasteiger partial charge in [-0.25, -0.2) is 4.39 Å². The number of rotatable bonds is 4. The molecule has 0 aliphatic heterocycles. The summed E-state index contributed by atoms with van der Waals surface area (Å²) in [6.07, 6.45) is 7.61. The molecule has 112 valence electrons. The molecule has 0 heterocycles. The van der Waals surface area contributed by atoms with Gasteiger partial charge in [0.25, 0.3) is 0 Å². The fraction of sp³-hybridized carbons (Fsp3) is 0.647. The first-order valence-corrected chi connectivity index (χ1v) is 8.06. The minimum atomic E-state index is -0.770. The van der Waals surface area contributed by atoms with Crippen LogP contribution in [0.25, 0.3) is 0 Å². The Hall–Kier alpha value is -0.600. The lowest BCUT2D eigenvalue weighted by Gasteiger charge is -2.27. The largest absolute Gasteiger partial charge is 0.390 e. The summed E-state index contributed by atoms with van der Waals surface area (Å²) < 4.78 is 13.8. The molecule has 1 N–H and O–H groups in total. The van der Waals surface area contributed by atoms with E-state index in [2.05, 4.69) is 6.92 Å². The molecule has 3 heteroatoms. The van der Waals surface area contributed by atoms with Crippen LogP contribution in [-0.4, -0.2) is 10.7 Å². The van der Waals surface area contributed by atoms with E-state index >= 15 is 0 Å². The van der Waals surface area contributed by atoms with Crippen LogP contribution in [0.15, 0.2) is 18.2 Å². The van der Waals surface area contributed by atoms with Gasteiger partial charge in [0.05, 0.1) is 5.60 Å². The lowest BCUT2D eigenvalue weighted by molar-refractivity contribution is 0.0233. The fourth-order valence-corrected chi connectivity index (χ4v) is 3.56. The summed E-state index contributed by atoms with van der Waals surface area (Å²) in [7, 11) is 0. The third-order valence-corrected chi connectivity index (χ3v) is 4.73. The Morgan fingerprint density at radius 2 is 2.15 bits per heavy atom. The first kappa shape index (κ1) is 15.8. The van der Waals surface area contributed by atoms with Crippen LogP contribution in [0.5, 0.6) is 0 Å². The van der Waals surface area contributed by atoms with Crippen molar-refractivity contribution in [2.45, 2.75) is 63.9 Å². The third kappa shape index (κ3) is 4.20. The number of halogens is 2. The molecule has 0 aromatic heterocycles. The predicted molar refractivity (Wildman–Crippen MR) is 81.5 cm³/mol. The smallest absolute Gasteiger partial charge is 0.126 e. The Morgan fingerprint density at radius 1 is 1.35 bits per heavy atom. The molecule has 0 saturated heterocycles. The van der Waals surface area contributed by atoms with Gasteiger partial charge in [0.15, 0.2) is 0 Å². The zero-order valence-corrected chi connectivity index (χ0v) is 12.9. The second-order valence-corrected chi connectivity index (χ2v) is 6.66. The van der Waals surface area contributed by atoms with Crippen molar-refractivity contribution in [1.82, 2.24) is 0 Å². The minimum absolute atomic E-state index is 0.266. The van der Waals surface area contributed by atoms with Gasteiger partial charge in [-0.2, -0.15) is 0 Å². The Kier molecular flexibility index (Phi) is 5.45. The van der Waals surface area contributed by atoms with E-state index in [0.717, 1.165) is 31.6 Å². The average molecular weight is 299 g/mol. The van der Waals surface area contributed by atoms with Crippen molar-refractivity contribution < 1.29 is 9.50 Å². The second kappa shape index (κ2) is 6.91. The molecule has 1 fully saturated rings. The summed E-state index contributed by atoms with van der Waals surface area (Å²) in [6, 6.07) is 4.58. The van der Waals surface area contributed by atoms with Crippen LogP contribution in [0, 0.1) is 11.7 Å². The van der Waals surface area contributed by atoms with Gasteiger partial charge in [0, 0.05) is 11.4 Å². The first-order valence-electron chi connectivity index (χ1n) is 7.69. The van der Waals surface area contributed by atoms with Crippen molar-refractivity contribution in [3.8, 4) is 0 Å². The van der Waals surface area contributed by atoms with Gasteiger partial charge in [0.1, 0.15) is 5.82 Å². The van der Waals surface area contributed by atoms with Crippen LogP contribution in [0.4, 0.5) is 4.39 Å². The van der Waals surface area contributed by atoms with Gasteiger partial charge in [-0.1, -0.05) is 44.2 Å². The van der Waals surface area contributed by atoms with E-state index in [1.54, 1.807) is 12.1 Å². The van der Waals surface area contributed by atoms with E-state index in [0.29, 0.717) is 17.0 Å². The summed E-state index contributed by atoms with van der Waals surface area (Å²) in [4.78, 5) is 0. The first-order chi connectivity index (χ1) is 9.52. The molecule has 1 aliphatic rings. The zero-order chi connectivity index (χ0) is 14.6. The molecule has 1 nitrogen and oxygen atoms in total. The van der Waals surface area contributed by atoms with Gasteiger partial charge in [-0.3, -0.25) is 0 Å². The van der Waals surface area contributed by atoms with E-state index in [1.165, 1.54) is 25.3 Å². The van der Waals surface area contributed by atoms with Crippen LogP contribution in [0.2, 0.25) is 5.02 Å². The predicted octanol–water partition coefficient (Wildman–Crippen LogP) is 5.13. The molecule has 2 unspecified atom stereocenters. The molecular formula is C17H24ClFO. The Bertz CT molecular complexity index is 449. The number of benzene rings is 1. The van der Waals surface area contributed by atoms with Gasteiger partial charge in [0.2, 0.25) is 0 Å². The lowest BCUT2D eigenvalue weighted by Crippen LogP contribution is -2.31.